The number of carbonyl (C=O) groups excluding carboxylic acids is 2. The molecule has 2 amide bonds. The monoisotopic (exact) mass is 663 g/mol. The van der Waals surface area contributed by atoms with Crippen LogP contribution in [0, 0.1) is 19.7 Å². The Kier molecular flexibility index (Phi) is 11.6. The Bertz CT molecular complexity index is 1770. The lowest BCUT2D eigenvalue weighted by Gasteiger charge is -2.34. The highest BCUT2D eigenvalue weighted by atomic mass is 35.5. The fraction of sp³-hybridized carbons (Fsp3) is 0.278. The molecule has 0 aromatic heterocycles. The van der Waals surface area contributed by atoms with E-state index in [9.17, 15) is 18.0 Å². The molecule has 46 heavy (non-hydrogen) atoms. The van der Waals surface area contributed by atoms with Gasteiger partial charge in [-0.1, -0.05) is 90.8 Å². The molecule has 1 N–H and O–H groups in total. The number of sulfonamides is 1. The van der Waals surface area contributed by atoms with Gasteiger partial charge in [0.2, 0.25) is 11.8 Å². The summed E-state index contributed by atoms with van der Waals surface area (Å²) in [4.78, 5) is 29.6. The molecule has 0 saturated heterocycles. The number of nitrogens with one attached hydrogen (secondary N) is 1. The number of halogens is 2. The van der Waals surface area contributed by atoms with E-state index >= 15 is 4.39 Å². The molecule has 2 unspecified atom stereocenters. The smallest absolute Gasteiger partial charge is 0.264 e. The molecule has 0 bridgehead atoms. The molecule has 4 rings (SSSR count). The van der Waals surface area contributed by atoms with Crippen LogP contribution < -0.4 is 9.62 Å². The SMILES string of the molecule is CCC(C)NC(=O)C(Cc1ccccc1)N(Cc1ccccc1F)C(=O)CN(c1ccc(C)c(Cl)c1)S(=O)(=O)c1ccc(C)cc1. The van der Waals surface area contributed by atoms with E-state index in [1.54, 1.807) is 49.4 Å². The lowest BCUT2D eigenvalue weighted by Crippen LogP contribution is -2.54. The van der Waals surface area contributed by atoms with Crippen molar-refractivity contribution in [1.82, 2.24) is 10.2 Å². The number of amides is 2. The summed E-state index contributed by atoms with van der Waals surface area (Å²) in [7, 11) is -4.29. The van der Waals surface area contributed by atoms with Crippen LogP contribution in [0.1, 0.15) is 42.5 Å². The van der Waals surface area contributed by atoms with Gasteiger partial charge >= 0.3 is 0 Å². The van der Waals surface area contributed by atoms with Gasteiger partial charge in [-0.2, -0.15) is 0 Å². The topological polar surface area (TPSA) is 86.8 Å². The zero-order valence-corrected chi connectivity index (χ0v) is 28.0. The fourth-order valence-electron chi connectivity index (χ4n) is 4.91. The predicted octanol–water partition coefficient (Wildman–Crippen LogP) is 6.85. The van der Waals surface area contributed by atoms with Crippen LogP contribution in [0.4, 0.5) is 10.1 Å². The van der Waals surface area contributed by atoms with Crippen molar-refractivity contribution in [3.63, 3.8) is 0 Å². The molecular weight excluding hydrogens is 625 g/mol. The number of nitrogens with zero attached hydrogens (tertiary/aromatic N) is 2. The lowest BCUT2D eigenvalue weighted by molar-refractivity contribution is -0.140. The Hall–Kier alpha value is -4.21. The maximum Gasteiger partial charge on any atom is 0.264 e. The summed E-state index contributed by atoms with van der Waals surface area (Å²) < 4.78 is 44.4. The normalized spacial score (nSPS) is 12.7. The van der Waals surface area contributed by atoms with Gasteiger partial charge in [-0.3, -0.25) is 13.9 Å². The van der Waals surface area contributed by atoms with E-state index in [2.05, 4.69) is 5.32 Å². The number of hydrogen-bond donors (Lipinski definition) is 1. The predicted molar refractivity (Wildman–Crippen MR) is 181 cm³/mol. The molecule has 4 aromatic carbocycles. The van der Waals surface area contributed by atoms with Gasteiger partial charge in [-0.25, -0.2) is 12.8 Å². The molecule has 0 spiro atoms. The first kappa shape index (κ1) is 34.7. The summed E-state index contributed by atoms with van der Waals surface area (Å²) in [6.07, 6.45) is 0.784. The summed E-state index contributed by atoms with van der Waals surface area (Å²) >= 11 is 6.43. The molecule has 0 aliphatic heterocycles. The van der Waals surface area contributed by atoms with Crippen LogP contribution in [0.5, 0.6) is 0 Å². The number of rotatable bonds is 13. The van der Waals surface area contributed by atoms with Crippen LogP contribution in [0.25, 0.3) is 0 Å². The average molecular weight is 664 g/mol. The average Bonchev–Trinajstić information content (AvgIpc) is 3.04. The van der Waals surface area contributed by atoms with E-state index in [0.29, 0.717) is 11.4 Å². The third kappa shape index (κ3) is 8.53. The largest absolute Gasteiger partial charge is 0.352 e. The second-order valence-electron chi connectivity index (χ2n) is 11.4. The maximum absolute atomic E-state index is 15.1. The minimum Gasteiger partial charge on any atom is -0.352 e. The molecule has 0 heterocycles. The van der Waals surface area contributed by atoms with E-state index in [-0.39, 0.29) is 35.2 Å². The Balaban J connectivity index is 1.83. The van der Waals surface area contributed by atoms with E-state index < -0.39 is 40.2 Å². The van der Waals surface area contributed by atoms with Gasteiger partial charge < -0.3 is 10.2 Å². The van der Waals surface area contributed by atoms with Crippen LogP contribution in [0.3, 0.4) is 0 Å². The first-order valence-electron chi connectivity index (χ1n) is 15.1. The van der Waals surface area contributed by atoms with Crippen LogP contribution in [0.2, 0.25) is 5.02 Å². The lowest BCUT2D eigenvalue weighted by atomic mass is 10.0. The van der Waals surface area contributed by atoms with E-state index in [1.807, 2.05) is 51.1 Å². The molecule has 0 saturated carbocycles. The second kappa shape index (κ2) is 15.4. The minimum atomic E-state index is -4.29. The number of anilines is 1. The van der Waals surface area contributed by atoms with Gasteiger partial charge in [0, 0.05) is 29.6 Å². The summed E-state index contributed by atoms with van der Waals surface area (Å²) in [6.45, 7) is 6.50. The van der Waals surface area contributed by atoms with Crippen molar-refractivity contribution in [2.45, 2.75) is 64.1 Å². The second-order valence-corrected chi connectivity index (χ2v) is 13.7. The van der Waals surface area contributed by atoms with Crippen molar-refractivity contribution < 1.29 is 22.4 Å². The van der Waals surface area contributed by atoms with Crippen LogP contribution in [0.15, 0.2) is 102 Å². The first-order valence-corrected chi connectivity index (χ1v) is 16.9. The summed E-state index contributed by atoms with van der Waals surface area (Å²) in [5.41, 5.74) is 2.76. The van der Waals surface area contributed by atoms with Gasteiger partial charge in [0.1, 0.15) is 18.4 Å². The molecule has 4 aromatic rings. The molecular formula is C36H39ClFN3O4S. The first-order chi connectivity index (χ1) is 21.9. The molecule has 0 fully saturated rings. The van der Waals surface area contributed by atoms with E-state index in [1.165, 1.54) is 29.2 Å². The van der Waals surface area contributed by atoms with Crippen molar-refractivity contribution in [3.8, 4) is 0 Å². The van der Waals surface area contributed by atoms with Crippen molar-refractivity contribution >= 4 is 39.1 Å². The van der Waals surface area contributed by atoms with Crippen molar-refractivity contribution in [3.05, 3.63) is 130 Å². The minimum absolute atomic E-state index is 0.0152. The van der Waals surface area contributed by atoms with Gasteiger partial charge in [-0.15, -0.1) is 0 Å². The van der Waals surface area contributed by atoms with Crippen molar-refractivity contribution in [2.75, 3.05) is 10.8 Å². The zero-order chi connectivity index (χ0) is 33.4. The van der Waals surface area contributed by atoms with Crippen LogP contribution in [-0.2, 0) is 32.6 Å². The molecule has 7 nitrogen and oxygen atoms in total. The summed E-state index contributed by atoms with van der Waals surface area (Å²) in [5.74, 6) is -1.65. The highest BCUT2D eigenvalue weighted by molar-refractivity contribution is 7.92. The van der Waals surface area contributed by atoms with Gasteiger partial charge in [0.05, 0.1) is 10.6 Å². The molecule has 2 atom stereocenters. The third-order valence-electron chi connectivity index (χ3n) is 7.90. The number of hydrogen-bond acceptors (Lipinski definition) is 4. The molecule has 242 valence electrons. The molecule has 0 radical (unpaired) electrons. The quantitative estimate of drug-likeness (QED) is 0.170. The fourth-order valence-corrected chi connectivity index (χ4v) is 6.49. The standard InChI is InChI=1S/C36H39ClFN3O4S/c1-5-27(4)39-36(43)34(21-28-11-7-6-8-12-28)40(23-29-13-9-10-14-33(29)38)35(42)24-41(30-18-17-26(3)32(37)22-30)46(44,45)31-19-15-25(2)16-20-31/h6-20,22,27,34H,5,21,23-24H2,1-4H3,(H,39,43). The highest BCUT2D eigenvalue weighted by Crippen LogP contribution is 2.29. The molecule has 10 heteroatoms. The number of aryl methyl sites for hydroxylation is 2. The van der Waals surface area contributed by atoms with E-state index in [4.69, 9.17) is 11.6 Å². The number of benzene rings is 4. The van der Waals surface area contributed by atoms with Crippen LogP contribution >= 0.6 is 11.6 Å². The Morgan fingerprint density at radius 3 is 2.20 bits per heavy atom. The third-order valence-corrected chi connectivity index (χ3v) is 10.1. The van der Waals surface area contributed by atoms with Gasteiger partial charge in [-0.05, 0) is 68.7 Å². The Labute approximate surface area is 276 Å². The Morgan fingerprint density at radius 1 is 0.913 bits per heavy atom. The Morgan fingerprint density at radius 2 is 1.57 bits per heavy atom. The molecule has 0 aliphatic carbocycles. The van der Waals surface area contributed by atoms with Crippen molar-refractivity contribution in [2.24, 2.45) is 0 Å². The summed E-state index contributed by atoms with van der Waals surface area (Å²) in [6, 6.07) is 25.0. The highest BCUT2D eigenvalue weighted by Gasteiger charge is 2.35. The zero-order valence-electron chi connectivity index (χ0n) is 26.4. The molecule has 0 aliphatic rings. The summed E-state index contributed by atoms with van der Waals surface area (Å²) in [5, 5.41) is 3.30. The van der Waals surface area contributed by atoms with Gasteiger partial charge in [0.25, 0.3) is 10.0 Å². The maximum atomic E-state index is 15.1. The number of carbonyl (C=O) groups is 2. The van der Waals surface area contributed by atoms with E-state index in [0.717, 1.165) is 21.0 Å². The van der Waals surface area contributed by atoms with Crippen molar-refractivity contribution in [1.29, 1.82) is 0 Å². The van der Waals surface area contributed by atoms with Gasteiger partial charge in [0.15, 0.2) is 0 Å². The van der Waals surface area contributed by atoms with Crippen LogP contribution in [-0.4, -0.2) is 43.8 Å².